The molecule has 2 aromatic heterocycles. The van der Waals surface area contributed by atoms with Crippen molar-refractivity contribution in [3.05, 3.63) is 71.0 Å². The molecule has 0 aliphatic heterocycles. The van der Waals surface area contributed by atoms with E-state index in [4.69, 9.17) is 4.74 Å². The van der Waals surface area contributed by atoms with E-state index in [1.165, 1.54) is 12.1 Å². The van der Waals surface area contributed by atoms with Crippen molar-refractivity contribution < 1.29 is 18.3 Å². The highest BCUT2D eigenvalue weighted by Crippen LogP contribution is 2.26. The average molecular weight is 447 g/mol. The van der Waals surface area contributed by atoms with Crippen LogP contribution < -0.4 is 9.47 Å². The van der Waals surface area contributed by atoms with Crippen molar-refractivity contribution in [3.8, 4) is 23.0 Å². The molecule has 0 spiro atoms. The van der Waals surface area contributed by atoms with Crippen LogP contribution in [0.25, 0.3) is 17.0 Å². The Morgan fingerprint density at radius 2 is 1.86 bits per heavy atom. The maximum atomic E-state index is 12.3. The summed E-state index contributed by atoms with van der Waals surface area (Å²) >= 11 is 3.43. The van der Waals surface area contributed by atoms with Gasteiger partial charge in [-0.05, 0) is 42.0 Å². The fourth-order valence-corrected chi connectivity index (χ4v) is 3.13. The van der Waals surface area contributed by atoms with E-state index < -0.39 is 6.61 Å². The van der Waals surface area contributed by atoms with Gasteiger partial charge in [0.05, 0.1) is 12.4 Å². The first kappa shape index (κ1) is 18.3. The molecule has 0 N–H and O–H groups in total. The summed E-state index contributed by atoms with van der Waals surface area (Å²) < 4.78 is 37.6. The number of hydrogen-bond acceptors (Lipinski definition) is 5. The van der Waals surface area contributed by atoms with E-state index in [1.807, 2.05) is 24.3 Å². The molecular formula is C19H13BrF2N4O2. The predicted molar refractivity (Wildman–Crippen MR) is 101 cm³/mol. The Labute approximate surface area is 166 Å². The minimum atomic E-state index is -2.87. The van der Waals surface area contributed by atoms with Crippen molar-refractivity contribution in [1.29, 1.82) is 0 Å². The number of halogens is 3. The molecule has 142 valence electrons. The van der Waals surface area contributed by atoms with Gasteiger partial charge in [-0.3, -0.25) is 4.98 Å². The molecule has 9 heteroatoms. The summed E-state index contributed by atoms with van der Waals surface area (Å²) in [6.07, 6.45) is 3.14. The highest BCUT2D eigenvalue weighted by Gasteiger charge is 2.14. The van der Waals surface area contributed by atoms with Gasteiger partial charge in [0.1, 0.15) is 12.4 Å². The second kappa shape index (κ2) is 7.89. The third-order valence-corrected chi connectivity index (χ3v) is 4.39. The molecule has 2 aromatic carbocycles. The van der Waals surface area contributed by atoms with Crippen molar-refractivity contribution in [2.75, 3.05) is 0 Å². The second-order valence-corrected chi connectivity index (χ2v) is 6.70. The maximum absolute atomic E-state index is 12.3. The molecule has 4 rings (SSSR count). The van der Waals surface area contributed by atoms with E-state index in [2.05, 4.69) is 35.8 Å². The van der Waals surface area contributed by atoms with Gasteiger partial charge < -0.3 is 9.47 Å². The molecule has 0 bridgehead atoms. The van der Waals surface area contributed by atoms with Gasteiger partial charge in [-0.1, -0.05) is 28.1 Å². The molecule has 2 heterocycles. The van der Waals surface area contributed by atoms with E-state index in [0.717, 1.165) is 10.0 Å². The van der Waals surface area contributed by atoms with Gasteiger partial charge in [-0.25, -0.2) is 4.40 Å². The lowest BCUT2D eigenvalue weighted by atomic mass is 10.2. The monoisotopic (exact) mass is 446 g/mol. The lowest BCUT2D eigenvalue weighted by Gasteiger charge is -2.10. The number of aromatic nitrogens is 4. The van der Waals surface area contributed by atoms with Crippen molar-refractivity contribution in [3.63, 3.8) is 0 Å². The number of fused-ring (bicyclic) bond motifs is 1. The van der Waals surface area contributed by atoms with Crippen molar-refractivity contribution >= 4 is 21.6 Å². The summed E-state index contributed by atoms with van der Waals surface area (Å²) in [7, 11) is 0. The second-order valence-electron chi connectivity index (χ2n) is 5.78. The molecule has 0 saturated heterocycles. The SMILES string of the molecule is FC(F)Oc1ccc(-c2nnc3cncc(OCc4cccc(Br)c4)n23)cc1. The van der Waals surface area contributed by atoms with Gasteiger partial charge in [0.25, 0.3) is 0 Å². The normalized spacial score (nSPS) is 11.1. The molecule has 4 aromatic rings. The largest absolute Gasteiger partial charge is 0.473 e. The van der Waals surface area contributed by atoms with Crippen molar-refractivity contribution in [1.82, 2.24) is 19.6 Å². The lowest BCUT2D eigenvalue weighted by molar-refractivity contribution is -0.0498. The number of rotatable bonds is 6. The smallest absolute Gasteiger partial charge is 0.387 e. The molecule has 0 radical (unpaired) electrons. The highest BCUT2D eigenvalue weighted by atomic mass is 79.9. The number of alkyl halides is 2. The Morgan fingerprint density at radius 3 is 2.61 bits per heavy atom. The zero-order valence-corrected chi connectivity index (χ0v) is 15.9. The van der Waals surface area contributed by atoms with Crippen LogP contribution in [0.4, 0.5) is 8.78 Å². The first-order chi connectivity index (χ1) is 13.6. The Hall–Kier alpha value is -3.07. The zero-order valence-electron chi connectivity index (χ0n) is 14.3. The van der Waals surface area contributed by atoms with Crippen LogP contribution in [-0.4, -0.2) is 26.2 Å². The van der Waals surface area contributed by atoms with Gasteiger partial charge in [0.2, 0.25) is 5.88 Å². The first-order valence-electron chi connectivity index (χ1n) is 8.22. The number of hydrogen-bond donors (Lipinski definition) is 0. The Bertz CT molecular complexity index is 1100. The third-order valence-electron chi connectivity index (χ3n) is 3.90. The van der Waals surface area contributed by atoms with Crippen LogP contribution >= 0.6 is 15.9 Å². The van der Waals surface area contributed by atoms with Gasteiger partial charge in [-0.2, -0.15) is 8.78 Å². The van der Waals surface area contributed by atoms with E-state index in [1.54, 1.807) is 28.9 Å². The molecular weight excluding hydrogens is 434 g/mol. The molecule has 6 nitrogen and oxygen atoms in total. The van der Waals surface area contributed by atoms with Gasteiger partial charge in [-0.15, -0.1) is 10.2 Å². The fraction of sp³-hybridized carbons (Fsp3) is 0.105. The summed E-state index contributed by atoms with van der Waals surface area (Å²) in [5.74, 6) is 1.04. The van der Waals surface area contributed by atoms with Crippen LogP contribution in [-0.2, 0) is 6.61 Å². The molecule has 0 unspecified atom stereocenters. The minimum absolute atomic E-state index is 0.0698. The van der Waals surface area contributed by atoms with Crippen molar-refractivity contribution in [2.45, 2.75) is 13.2 Å². The van der Waals surface area contributed by atoms with Crippen LogP contribution in [0.5, 0.6) is 11.6 Å². The van der Waals surface area contributed by atoms with Crippen LogP contribution in [0.3, 0.4) is 0 Å². The van der Waals surface area contributed by atoms with E-state index >= 15 is 0 Å². The molecule has 0 aliphatic rings. The molecule has 0 fully saturated rings. The van der Waals surface area contributed by atoms with Gasteiger partial charge in [0, 0.05) is 10.0 Å². The van der Waals surface area contributed by atoms with Crippen LogP contribution in [0.15, 0.2) is 65.4 Å². The van der Waals surface area contributed by atoms with Gasteiger partial charge in [0.15, 0.2) is 11.5 Å². The Morgan fingerprint density at radius 1 is 1.04 bits per heavy atom. The maximum Gasteiger partial charge on any atom is 0.387 e. The fourth-order valence-electron chi connectivity index (χ4n) is 2.68. The van der Waals surface area contributed by atoms with Crippen LogP contribution in [0.1, 0.15) is 5.56 Å². The molecule has 0 amide bonds. The summed E-state index contributed by atoms with van der Waals surface area (Å²) in [6.45, 7) is -2.54. The zero-order chi connectivity index (χ0) is 19.5. The van der Waals surface area contributed by atoms with Crippen LogP contribution in [0, 0.1) is 0 Å². The quantitative estimate of drug-likeness (QED) is 0.428. The first-order valence-corrected chi connectivity index (χ1v) is 9.01. The summed E-state index contributed by atoms with van der Waals surface area (Å²) in [5.41, 5.74) is 2.16. The van der Waals surface area contributed by atoms with E-state index in [9.17, 15) is 8.78 Å². The van der Waals surface area contributed by atoms with Crippen LogP contribution in [0.2, 0.25) is 0 Å². The number of ether oxygens (including phenoxy) is 2. The minimum Gasteiger partial charge on any atom is -0.473 e. The predicted octanol–water partition coefficient (Wildman–Crippen LogP) is 4.73. The van der Waals surface area contributed by atoms with E-state index in [-0.39, 0.29) is 5.75 Å². The summed E-state index contributed by atoms with van der Waals surface area (Å²) in [6, 6.07) is 13.9. The lowest BCUT2D eigenvalue weighted by Crippen LogP contribution is -2.03. The number of benzene rings is 2. The molecule has 28 heavy (non-hydrogen) atoms. The van der Waals surface area contributed by atoms with E-state index in [0.29, 0.717) is 29.5 Å². The Kier molecular flexibility index (Phi) is 5.16. The van der Waals surface area contributed by atoms with Crippen molar-refractivity contribution in [2.24, 2.45) is 0 Å². The third kappa shape index (κ3) is 3.94. The molecule has 0 aliphatic carbocycles. The molecule has 0 saturated carbocycles. The summed E-state index contributed by atoms with van der Waals surface area (Å²) in [4.78, 5) is 4.14. The Balaban J connectivity index is 1.65. The molecule has 0 atom stereocenters. The highest BCUT2D eigenvalue weighted by molar-refractivity contribution is 9.10. The standard InChI is InChI=1S/C19H13BrF2N4O2/c20-14-3-1-2-12(8-14)11-27-17-10-23-9-16-24-25-18(26(16)17)13-4-6-15(7-5-13)28-19(21)22/h1-10,19H,11H2. The van der Waals surface area contributed by atoms with Gasteiger partial charge >= 0.3 is 6.61 Å². The summed E-state index contributed by atoms with van der Waals surface area (Å²) in [5, 5.41) is 8.29. The number of nitrogens with zero attached hydrogens (tertiary/aromatic N) is 4. The topological polar surface area (TPSA) is 61.5 Å². The average Bonchev–Trinajstić information content (AvgIpc) is 3.11.